The van der Waals surface area contributed by atoms with E-state index >= 15 is 0 Å². The Kier molecular flexibility index (Phi) is 6.75. The number of ether oxygens (including phenoxy) is 1. The van der Waals surface area contributed by atoms with Crippen molar-refractivity contribution in [2.24, 2.45) is 0 Å². The van der Waals surface area contributed by atoms with Crippen LogP contribution in [0.4, 0.5) is 5.69 Å². The number of likely N-dealkylation sites (N-methyl/N-ethyl adjacent to an activating group) is 1. The first-order chi connectivity index (χ1) is 11.5. The summed E-state index contributed by atoms with van der Waals surface area (Å²) in [7, 11) is 1.87. The molecule has 24 heavy (non-hydrogen) atoms. The average molecular weight is 334 g/mol. The van der Waals surface area contributed by atoms with Crippen molar-refractivity contribution in [1.82, 2.24) is 4.90 Å². The molecule has 132 valence electrons. The summed E-state index contributed by atoms with van der Waals surface area (Å²) in [6.45, 7) is 7.13. The second kappa shape index (κ2) is 8.80. The predicted octanol–water partition coefficient (Wildman–Crippen LogP) is -0.131. The summed E-state index contributed by atoms with van der Waals surface area (Å²) in [5.74, 6) is 0.0139. The van der Waals surface area contributed by atoms with Crippen molar-refractivity contribution in [2.75, 3.05) is 51.8 Å². The van der Waals surface area contributed by atoms with Gasteiger partial charge in [-0.1, -0.05) is 25.1 Å². The number of anilines is 1. The first-order valence-electron chi connectivity index (χ1n) is 8.56. The number of nitrogens with zero attached hydrogens (tertiary/aromatic N) is 1. The monoisotopic (exact) mass is 334 g/mol. The molecule has 0 bridgehead atoms. The number of carbonyl (C=O) groups is 2. The summed E-state index contributed by atoms with van der Waals surface area (Å²) in [4.78, 5) is 27.2. The smallest absolute Gasteiger partial charge is 0.279 e. The van der Waals surface area contributed by atoms with E-state index in [2.05, 4.69) is 12.2 Å². The molecular weight excluding hydrogens is 306 g/mol. The van der Waals surface area contributed by atoms with Gasteiger partial charge in [0.2, 0.25) is 0 Å². The van der Waals surface area contributed by atoms with Crippen LogP contribution in [0.3, 0.4) is 0 Å². The number of para-hydroxylation sites is 1. The highest BCUT2D eigenvalue weighted by Crippen LogP contribution is 2.20. The molecule has 0 aromatic heterocycles. The van der Waals surface area contributed by atoms with Crippen LogP contribution in [0, 0.1) is 6.92 Å². The van der Waals surface area contributed by atoms with Crippen LogP contribution in [0.5, 0.6) is 0 Å². The number of carbonyl (C=O) groups excluding carboxylic acids is 2. The van der Waals surface area contributed by atoms with Crippen molar-refractivity contribution >= 4 is 17.5 Å². The van der Waals surface area contributed by atoms with Gasteiger partial charge < -0.3 is 19.9 Å². The maximum atomic E-state index is 12.3. The lowest BCUT2D eigenvalue weighted by atomic mass is 10.1. The zero-order chi connectivity index (χ0) is 17.5. The molecule has 1 aliphatic rings. The van der Waals surface area contributed by atoms with Crippen LogP contribution in [0.2, 0.25) is 0 Å². The lowest BCUT2D eigenvalue weighted by molar-refractivity contribution is -0.862. The molecule has 0 saturated carbocycles. The molecule has 0 spiro atoms. The molecule has 6 nitrogen and oxygen atoms in total. The zero-order valence-electron chi connectivity index (χ0n) is 14.9. The second-order valence-corrected chi connectivity index (χ2v) is 6.31. The standard InChI is InChI=1S/C18H27N3O3/c1-4-15-7-5-6-14(2)18(15)19-16(22)12-20(3)13-17(23)21-8-10-24-11-9-21/h5-7H,4,8-13H2,1-3H3,(H,19,22)/p+1. The summed E-state index contributed by atoms with van der Waals surface area (Å²) in [5.41, 5.74) is 3.09. The molecule has 1 saturated heterocycles. The number of morpholine rings is 1. The number of nitrogens with one attached hydrogen (secondary N) is 2. The minimum Gasteiger partial charge on any atom is -0.378 e. The Morgan fingerprint density at radius 3 is 2.62 bits per heavy atom. The number of amides is 2. The summed E-state index contributed by atoms with van der Waals surface area (Å²) in [6.07, 6.45) is 0.871. The third kappa shape index (κ3) is 5.04. The Balaban J connectivity index is 1.86. The van der Waals surface area contributed by atoms with Crippen LogP contribution in [-0.2, 0) is 20.7 Å². The fraction of sp³-hybridized carbons (Fsp3) is 0.556. The molecule has 1 fully saturated rings. The minimum atomic E-state index is -0.0636. The fourth-order valence-corrected chi connectivity index (χ4v) is 2.90. The van der Waals surface area contributed by atoms with E-state index in [1.165, 1.54) is 0 Å². The second-order valence-electron chi connectivity index (χ2n) is 6.31. The van der Waals surface area contributed by atoms with Gasteiger partial charge in [0.15, 0.2) is 13.1 Å². The highest BCUT2D eigenvalue weighted by molar-refractivity contribution is 5.93. The average Bonchev–Trinajstić information content (AvgIpc) is 2.57. The van der Waals surface area contributed by atoms with Gasteiger partial charge in [0, 0.05) is 18.8 Å². The minimum absolute atomic E-state index is 0.0636. The first-order valence-corrected chi connectivity index (χ1v) is 8.56. The summed E-state index contributed by atoms with van der Waals surface area (Å²) in [6, 6.07) is 6.02. The molecule has 2 N–H and O–H groups in total. The van der Waals surface area contributed by atoms with Gasteiger partial charge in [-0.25, -0.2) is 0 Å². The Hall–Kier alpha value is -1.92. The van der Waals surface area contributed by atoms with Gasteiger partial charge in [0.1, 0.15) is 0 Å². The van der Waals surface area contributed by atoms with Crippen LogP contribution >= 0.6 is 0 Å². The molecule has 6 heteroatoms. The van der Waals surface area contributed by atoms with Gasteiger partial charge in [0.05, 0.1) is 20.3 Å². The van der Waals surface area contributed by atoms with Gasteiger partial charge >= 0.3 is 0 Å². The van der Waals surface area contributed by atoms with E-state index in [-0.39, 0.29) is 18.4 Å². The lowest BCUT2D eigenvalue weighted by Crippen LogP contribution is -3.11. The van der Waals surface area contributed by atoms with E-state index in [0.29, 0.717) is 32.8 Å². The summed E-state index contributed by atoms with van der Waals surface area (Å²) >= 11 is 0. The van der Waals surface area contributed by atoms with Gasteiger partial charge in [-0.3, -0.25) is 9.59 Å². The maximum Gasteiger partial charge on any atom is 0.279 e. The molecule has 1 aromatic rings. The van der Waals surface area contributed by atoms with Gasteiger partial charge in [-0.15, -0.1) is 0 Å². The van der Waals surface area contributed by atoms with E-state index < -0.39 is 0 Å². The predicted molar refractivity (Wildman–Crippen MR) is 93.2 cm³/mol. The zero-order valence-corrected chi connectivity index (χ0v) is 14.9. The quantitative estimate of drug-likeness (QED) is 0.762. The van der Waals surface area contributed by atoms with Crippen LogP contribution < -0.4 is 10.2 Å². The molecule has 0 aliphatic carbocycles. The first kappa shape index (κ1) is 18.4. The number of quaternary nitrogens is 1. The molecule has 1 aromatic carbocycles. The molecule has 1 heterocycles. The Bertz CT molecular complexity index is 583. The van der Waals surface area contributed by atoms with Crippen LogP contribution in [0.1, 0.15) is 18.1 Å². The molecule has 2 rings (SSSR count). The summed E-state index contributed by atoms with van der Waals surface area (Å²) in [5, 5.41) is 3.01. The van der Waals surface area contributed by atoms with Crippen molar-refractivity contribution in [3.8, 4) is 0 Å². The summed E-state index contributed by atoms with van der Waals surface area (Å²) < 4.78 is 5.25. The Morgan fingerprint density at radius 2 is 1.96 bits per heavy atom. The van der Waals surface area contributed by atoms with Crippen LogP contribution in [0.25, 0.3) is 0 Å². The highest BCUT2D eigenvalue weighted by Gasteiger charge is 2.21. The van der Waals surface area contributed by atoms with Crippen molar-refractivity contribution in [1.29, 1.82) is 0 Å². The number of hydrogen-bond donors (Lipinski definition) is 2. The topological polar surface area (TPSA) is 63.1 Å². The van der Waals surface area contributed by atoms with E-state index in [1.54, 1.807) is 4.90 Å². The molecule has 0 radical (unpaired) electrons. The molecular formula is C18H28N3O3+. The number of benzene rings is 1. The largest absolute Gasteiger partial charge is 0.378 e. The van der Waals surface area contributed by atoms with E-state index in [0.717, 1.165) is 28.1 Å². The highest BCUT2D eigenvalue weighted by atomic mass is 16.5. The Morgan fingerprint density at radius 1 is 1.25 bits per heavy atom. The molecule has 1 atom stereocenters. The van der Waals surface area contributed by atoms with Crippen molar-refractivity contribution in [3.63, 3.8) is 0 Å². The van der Waals surface area contributed by atoms with Crippen LogP contribution in [-0.4, -0.2) is 63.2 Å². The van der Waals surface area contributed by atoms with Gasteiger partial charge in [-0.2, -0.15) is 0 Å². The third-order valence-corrected chi connectivity index (χ3v) is 4.28. The van der Waals surface area contributed by atoms with Crippen LogP contribution in [0.15, 0.2) is 18.2 Å². The maximum absolute atomic E-state index is 12.3. The third-order valence-electron chi connectivity index (χ3n) is 4.28. The number of hydrogen-bond acceptors (Lipinski definition) is 3. The van der Waals surface area contributed by atoms with E-state index in [4.69, 9.17) is 4.74 Å². The van der Waals surface area contributed by atoms with Gasteiger partial charge in [-0.05, 0) is 24.5 Å². The van der Waals surface area contributed by atoms with E-state index in [1.807, 2.05) is 32.2 Å². The number of rotatable bonds is 6. The van der Waals surface area contributed by atoms with Crippen molar-refractivity contribution < 1.29 is 19.2 Å². The van der Waals surface area contributed by atoms with Gasteiger partial charge in [0.25, 0.3) is 11.8 Å². The fourth-order valence-electron chi connectivity index (χ4n) is 2.90. The normalized spacial score (nSPS) is 15.9. The molecule has 2 amide bonds. The number of aryl methyl sites for hydroxylation is 2. The molecule has 1 unspecified atom stereocenters. The van der Waals surface area contributed by atoms with Crippen molar-refractivity contribution in [2.45, 2.75) is 20.3 Å². The molecule has 1 aliphatic heterocycles. The van der Waals surface area contributed by atoms with Crippen molar-refractivity contribution in [3.05, 3.63) is 29.3 Å². The SMILES string of the molecule is CCc1cccc(C)c1NC(=O)C[NH+](C)CC(=O)N1CCOCC1. The van der Waals surface area contributed by atoms with E-state index in [9.17, 15) is 9.59 Å². The Labute approximate surface area is 143 Å². The lowest BCUT2D eigenvalue weighted by Gasteiger charge is -2.27.